The fraction of sp³-hybridized carbons (Fsp3) is 0.417. The molecule has 2 aromatic rings. The van der Waals surface area contributed by atoms with Crippen LogP contribution in [-0.4, -0.2) is 26.1 Å². The third-order valence-electron chi connectivity index (χ3n) is 2.75. The van der Waals surface area contributed by atoms with Gasteiger partial charge in [-0.2, -0.15) is 15.0 Å². The predicted molar refractivity (Wildman–Crippen MR) is 64.0 cm³/mol. The second-order valence-electron chi connectivity index (χ2n) is 4.42. The average molecular weight is 233 g/mol. The number of hydrogen-bond acceptors (Lipinski definition) is 3. The Hall–Kier alpha value is -1.91. The SMILES string of the molecule is CC(C(=O)O)c1ccc2nn(C(C)C)nc2c1. The van der Waals surface area contributed by atoms with Crippen LogP contribution in [-0.2, 0) is 4.79 Å². The average Bonchev–Trinajstić information content (AvgIpc) is 2.70. The topological polar surface area (TPSA) is 68.0 Å². The summed E-state index contributed by atoms with van der Waals surface area (Å²) < 4.78 is 0. The Kier molecular flexibility index (Phi) is 2.83. The van der Waals surface area contributed by atoms with Gasteiger partial charge in [0.05, 0.1) is 12.0 Å². The zero-order chi connectivity index (χ0) is 12.6. The summed E-state index contributed by atoms with van der Waals surface area (Å²) in [6.45, 7) is 5.66. The van der Waals surface area contributed by atoms with Crippen molar-refractivity contribution in [3.05, 3.63) is 23.8 Å². The van der Waals surface area contributed by atoms with E-state index in [4.69, 9.17) is 5.11 Å². The van der Waals surface area contributed by atoms with Gasteiger partial charge in [-0.3, -0.25) is 4.79 Å². The maximum absolute atomic E-state index is 10.9. The molecule has 0 aliphatic heterocycles. The molecule has 0 saturated carbocycles. The van der Waals surface area contributed by atoms with E-state index in [0.29, 0.717) is 0 Å². The van der Waals surface area contributed by atoms with Gasteiger partial charge in [0.15, 0.2) is 0 Å². The van der Waals surface area contributed by atoms with E-state index in [9.17, 15) is 4.79 Å². The van der Waals surface area contributed by atoms with Crippen LogP contribution in [0.5, 0.6) is 0 Å². The fourth-order valence-corrected chi connectivity index (χ4v) is 1.59. The highest BCUT2D eigenvalue weighted by Crippen LogP contribution is 2.20. The Morgan fingerprint density at radius 3 is 2.47 bits per heavy atom. The van der Waals surface area contributed by atoms with Gasteiger partial charge in [0.2, 0.25) is 0 Å². The van der Waals surface area contributed by atoms with Crippen LogP contribution in [0.25, 0.3) is 11.0 Å². The first-order valence-corrected chi connectivity index (χ1v) is 5.58. The van der Waals surface area contributed by atoms with Gasteiger partial charge in [-0.05, 0) is 38.5 Å². The van der Waals surface area contributed by atoms with Crippen molar-refractivity contribution in [3.63, 3.8) is 0 Å². The normalized spacial score (nSPS) is 13.2. The minimum Gasteiger partial charge on any atom is -0.481 e. The lowest BCUT2D eigenvalue weighted by atomic mass is 10.0. The number of nitrogens with zero attached hydrogens (tertiary/aromatic N) is 3. The summed E-state index contributed by atoms with van der Waals surface area (Å²) in [4.78, 5) is 12.5. The Morgan fingerprint density at radius 1 is 1.24 bits per heavy atom. The van der Waals surface area contributed by atoms with Gasteiger partial charge < -0.3 is 5.11 Å². The van der Waals surface area contributed by atoms with Crippen LogP contribution in [0.3, 0.4) is 0 Å². The van der Waals surface area contributed by atoms with Crippen molar-refractivity contribution < 1.29 is 9.90 Å². The monoisotopic (exact) mass is 233 g/mol. The number of hydrogen-bond donors (Lipinski definition) is 1. The van der Waals surface area contributed by atoms with Crippen LogP contribution in [0.15, 0.2) is 18.2 Å². The molecule has 1 heterocycles. The zero-order valence-corrected chi connectivity index (χ0v) is 10.1. The summed E-state index contributed by atoms with van der Waals surface area (Å²) in [6, 6.07) is 5.60. The van der Waals surface area contributed by atoms with Crippen LogP contribution >= 0.6 is 0 Å². The number of carboxylic acids is 1. The molecule has 90 valence electrons. The van der Waals surface area contributed by atoms with E-state index in [-0.39, 0.29) is 6.04 Å². The number of carbonyl (C=O) groups is 1. The summed E-state index contributed by atoms with van der Waals surface area (Å²) in [5, 5.41) is 17.6. The van der Waals surface area contributed by atoms with Crippen LogP contribution in [0.1, 0.15) is 38.3 Å². The lowest BCUT2D eigenvalue weighted by Gasteiger charge is -2.04. The summed E-state index contributed by atoms with van der Waals surface area (Å²) >= 11 is 0. The van der Waals surface area contributed by atoms with E-state index in [1.54, 1.807) is 23.9 Å². The first-order valence-electron chi connectivity index (χ1n) is 5.58. The van der Waals surface area contributed by atoms with E-state index in [0.717, 1.165) is 16.6 Å². The second kappa shape index (κ2) is 4.16. The van der Waals surface area contributed by atoms with Crippen LogP contribution in [0.4, 0.5) is 0 Å². The van der Waals surface area contributed by atoms with Gasteiger partial charge >= 0.3 is 5.97 Å². The summed E-state index contributed by atoms with van der Waals surface area (Å²) in [7, 11) is 0. The van der Waals surface area contributed by atoms with Gasteiger partial charge in [0.25, 0.3) is 0 Å². The molecule has 0 aliphatic carbocycles. The Balaban J connectivity index is 2.46. The molecule has 1 aromatic heterocycles. The zero-order valence-electron chi connectivity index (χ0n) is 10.1. The molecule has 0 radical (unpaired) electrons. The molecule has 0 spiro atoms. The summed E-state index contributed by atoms with van der Waals surface area (Å²) in [5.41, 5.74) is 2.28. The highest BCUT2D eigenvalue weighted by Gasteiger charge is 2.15. The van der Waals surface area contributed by atoms with Crippen molar-refractivity contribution in [2.45, 2.75) is 32.7 Å². The molecule has 0 bridgehead atoms. The van der Waals surface area contributed by atoms with E-state index < -0.39 is 11.9 Å². The quantitative estimate of drug-likeness (QED) is 0.882. The van der Waals surface area contributed by atoms with Crippen molar-refractivity contribution in [1.29, 1.82) is 0 Å². The molecular weight excluding hydrogens is 218 g/mol. The van der Waals surface area contributed by atoms with Crippen LogP contribution in [0.2, 0.25) is 0 Å². The second-order valence-corrected chi connectivity index (χ2v) is 4.42. The number of benzene rings is 1. The number of rotatable bonds is 3. The molecule has 1 atom stereocenters. The van der Waals surface area contributed by atoms with Gasteiger partial charge in [-0.15, -0.1) is 0 Å². The third kappa shape index (κ3) is 2.13. The molecule has 1 aromatic carbocycles. The number of aliphatic carboxylic acids is 1. The van der Waals surface area contributed by atoms with Gasteiger partial charge in [-0.1, -0.05) is 6.07 Å². The maximum atomic E-state index is 10.9. The lowest BCUT2D eigenvalue weighted by molar-refractivity contribution is -0.138. The largest absolute Gasteiger partial charge is 0.481 e. The Labute approximate surface area is 99.1 Å². The molecule has 0 fully saturated rings. The van der Waals surface area contributed by atoms with Gasteiger partial charge in [-0.25, -0.2) is 0 Å². The summed E-state index contributed by atoms with van der Waals surface area (Å²) in [5.74, 6) is -1.36. The Morgan fingerprint density at radius 2 is 1.88 bits per heavy atom. The summed E-state index contributed by atoms with van der Waals surface area (Å²) in [6.07, 6.45) is 0. The van der Waals surface area contributed by atoms with Crippen LogP contribution < -0.4 is 0 Å². The molecule has 0 amide bonds. The smallest absolute Gasteiger partial charge is 0.310 e. The molecule has 5 heteroatoms. The first-order chi connectivity index (χ1) is 7.99. The van der Waals surface area contributed by atoms with Crippen molar-refractivity contribution in [2.75, 3.05) is 0 Å². The number of aromatic nitrogens is 3. The van der Waals surface area contributed by atoms with Gasteiger partial charge in [0.1, 0.15) is 11.0 Å². The molecule has 2 rings (SSSR count). The van der Waals surface area contributed by atoms with E-state index in [1.807, 2.05) is 19.9 Å². The minimum atomic E-state index is -0.833. The number of carboxylic acid groups (broad SMARTS) is 1. The molecule has 1 N–H and O–H groups in total. The van der Waals surface area contributed by atoms with E-state index in [2.05, 4.69) is 10.2 Å². The van der Waals surface area contributed by atoms with Crippen LogP contribution in [0, 0.1) is 0 Å². The van der Waals surface area contributed by atoms with Crippen molar-refractivity contribution >= 4 is 17.0 Å². The predicted octanol–water partition coefficient (Wildman–Crippen LogP) is 2.20. The minimum absolute atomic E-state index is 0.197. The molecule has 0 aliphatic rings. The molecule has 0 saturated heterocycles. The first kappa shape index (κ1) is 11.6. The van der Waals surface area contributed by atoms with Gasteiger partial charge in [0, 0.05) is 0 Å². The number of fused-ring (bicyclic) bond motifs is 1. The molecule has 5 nitrogen and oxygen atoms in total. The fourth-order valence-electron chi connectivity index (χ4n) is 1.59. The van der Waals surface area contributed by atoms with Crippen molar-refractivity contribution in [1.82, 2.24) is 15.0 Å². The lowest BCUT2D eigenvalue weighted by Crippen LogP contribution is -2.07. The van der Waals surface area contributed by atoms with Crippen molar-refractivity contribution in [2.24, 2.45) is 0 Å². The van der Waals surface area contributed by atoms with E-state index >= 15 is 0 Å². The standard InChI is InChI=1S/C12H15N3O2/c1-7(2)15-13-10-5-4-9(6-11(10)14-15)8(3)12(16)17/h4-8H,1-3H3,(H,16,17). The highest BCUT2D eigenvalue weighted by atomic mass is 16.4. The molecule has 17 heavy (non-hydrogen) atoms. The molecule has 1 unspecified atom stereocenters. The third-order valence-corrected chi connectivity index (χ3v) is 2.75. The highest BCUT2D eigenvalue weighted by molar-refractivity contribution is 5.80. The molecular formula is C12H15N3O2. The maximum Gasteiger partial charge on any atom is 0.310 e. The van der Waals surface area contributed by atoms with E-state index in [1.165, 1.54) is 0 Å². The van der Waals surface area contributed by atoms with Crippen molar-refractivity contribution in [3.8, 4) is 0 Å². The Bertz CT molecular complexity index is 560.